The van der Waals surface area contributed by atoms with Crippen molar-refractivity contribution < 1.29 is 4.79 Å². The van der Waals surface area contributed by atoms with Gasteiger partial charge < -0.3 is 9.80 Å². The molecule has 0 N–H and O–H groups in total. The Bertz CT molecular complexity index is 694. The molecule has 3 nitrogen and oxygen atoms in total. The minimum absolute atomic E-state index is 0.174. The predicted molar refractivity (Wildman–Crippen MR) is 101 cm³/mol. The van der Waals surface area contributed by atoms with Crippen LogP contribution in [0.15, 0.2) is 60.7 Å². The molecule has 130 valence electrons. The Hall–Kier alpha value is -2.29. The van der Waals surface area contributed by atoms with Crippen LogP contribution in [0.5, 0.6) is 0 Å². The van der Waals surface area contributed by atoms with Crippen LogP contribution in [0.3, 0.4) is 0 Å². The summed E-state index contributed by atoms with van der Waals surface area (Å²) in [6.45, 7) is 2.67. The van der Waals surface area contributed by atoms with Gasteiger partial charge in [0, 0.05) is 19.6 Å². The fourth-order valence-electron chi connectivity index (χ4n) is 4.30. The monoisotopic (exact) mass is 334 g/mol. The number of carbonyl (C=O) groups excluding carboxylic acids is 1. The van der Waals surface area contributed by atoms with Crippen molar-refractivity contribution in [1.29, 1.82) is 0 Å². The van der Waals surface area contributed by atoms with Gasteiger partial charge in [-0.3, -0.25) is 0 Å². The minimum Gasteiger partial charge on any atom is -0.325 e. The second-order valence-corrected chi connectivity index (χ2v) is 7.23. The molecule has 2 aliphatic rings. The number of amides is 2. The average molecular weight is 334 g/mol. The summed E-state index contributed by atoms with van der Waals surface area (Å²) in [6, 6.07) is 21.7. The molecule has 0 bridgehead atoms. The van der Waals surface area contributed by atoms with Gasteiger partial charge in [0.05, 0.1) is 6.04 Å². The summed E-state index contributed by atoms with van der Waals surface area (Å²) >= 11 is 0. The van der Waals surface area contributed by atoms with Crippen molar-refractivity contribution in [3.8, 4) is 0 Å². The third kappa shape index (κ3) is 3.41. The molecule has 0 saturated carbocycles. The lowest BCUT2D eigenvalue weighted by Crippen LogP contribution is -2.47. The Morgan fingerprint density at radius 1 is 0.800 bits per heavy atom. The van der Waals surface area contributed by atoms with Gasteiger partial charge >= 0.3 is 6.03 Å². The van der Waals surface area contributed by atoms with E-state index in [-0.39, 0.29) is 12.1 Å². The van der Waals surface area contributed by atoms with Crippen LogP contribution >= 0.6 is 0 Å². The minimum atomic E-state index is 0.174. The van der Waals surface area contributed by atoms with Gasteiger partial charge in [-0.1, -0.05) is 60.7 Å². The van der Waals surface area contributed by atoms with Crippen LogP contribution in [0.1, 0.15) is 48.8 Å². The molecule has 2 saturated heterocycles. The van der Waals surface area contributed by atoms with Crippen molar-refractivity contribution in [2.45, 2.75) is 37.6 Å². The topological polar surface area (TPSA) is 23.6 Å². The highest BCUT2D eigenvalue weighted by Crippen LogP contribution is 2.40. The lowest BCUT2D eigenvalue weighted by atomic mass is 9.83. The molecule has 4 rings (SSSR count). The van der Waals surface area contributed by atoms with Crippen molar-refractivity contribution in [3.63, 3.8) is 0 Å². The van der Waals surface area contributed by atoms with Gasteiger partial charge in [-0.25, -0.2) is 4.79 Å². The maximum atomic E-state index is 13.1. The molecule has 3 heteroatoms. The van der Waals surface area contributed by atoms with E-state index in [2.05, 4.69) is 59.5 Å². The number of piperidine rings is 1. The lowest BCUT2D eigenvalue weighted by Gasteiger charge is -2.41. The molecule has 0 radical (unpaired) electrons. The van der Waals surface area contributed by atoms with Gasteiger partial charge in [-0.15, -0.1) is 0 Å². The number of hydrogen-bond acceptors (Lipinski definition) is 1. The summed E-state index contributed by atoms with van der Waals surface area (Å²) < 4.78 is 0. The molecule has 0 spiro atoms. The summed E-state index contributed by atoms with van der Waals surface area (Å²) in [7, 11) is 0. The first-order chi connectivity index (χ1) is 12.3. The van der Waals surface area contributed by atoms with E-state index in [4.69, 9.17) is 0 Å². The average Bonchev–Trinajstić information content (AvgIpc) is 3.23. The molecular formula is C22H26N2O. The number of nitrogens with zero attached hydrogens (tertiary/aromatic N) is 2. The number of benzene rings is 2. The molecular weight excluding hydrogens is 308 g/mol. The Morgan fingerprint density at radius 3 is 2.04 bits per heavy atom. The number of likely N-dealkylation sites (tertiary alicyclic amines) is 2. The Kier molecular flexibility index (Phi) is 4.73. The molecule has 2 aromatic rings. The molecule has 2 aromatic carbocycles. The van der Waals surface area contributed by atoms with E-state index in [1.54, 1.807) is 0 Å². The SMILES string of the molecule is O=C(N1CCCC1)N1CC[C@H](c2ccccc2)C[C@@H]1c1ccccc1. The van der Waals surface area contributed by atoms with E-state index in [9.17, 15) is 4.79 Å². The van der Waals surface area contributed by atoms with Crippen molar-refractivity contribution in [2.24, 2.45) is 0 Å². The summed E-state index contributed by atoms with van der Waals surface area (Å²) in [5, 5.41) is 0. The predicted octanol–water partition coefficient (Wildman–Crippen LogP) is 4.82. The third-order valence-electron chi connectivity index (χ3n) is 5.68. The van der Waals surface area contributed by atoms with Crippen LogP contribution in [0.25, 0.3) is 0 Å². The van der Waals surface area contributed by atoms with Crippen molar-refractivity contribution in [3.05, 3.63) is 71.8 Å². The molecule has 0 aromatic heterocycles. The van der Waals surface area contributed by atoms with Crippen molar-refractivity contribution >= 4 is 6.03 Å². The van der Waals surface area contributed by atoms with Crippen LogP contribution in [-0.4, -0.2) is 35.5 Å². The number of urea groups is 1. The molecule has 0 unspecified atom stereocenters. The Labute approximate surface area is 150 Å². The van der Waals surface area contributed by atoms with Crippen LogP contribution in [-0.2, 0) is 0 Å². The highest BCUT2D eigenvalue weighted by Gasteiger charge is 2.35. The number of carbonyl (C=O) groups is 1. The van der Waals surface area contributed by atoms with Gasteiger partial charge in [0.15, 0.2) is 0 Å². The lowest BCUT2D eigenvalue weighted by molar-refractivity contribution is 0.116. The van der Waals surface area contributed by atoms with Gasteiger partial charge in [0.1, 0.15) is 0 Å². The van der Waals surface area contributed by atoms with E-state index >= 15 is 0 Å². The van der Waals surface area contributed by atoms with Crippen LogP contribution < -0.4 is 0 Å². The van der Waals surface area contributed by atoms with E-state index in [0.717, 1.165) is 45.3 Å². The molecule has 0 aliphatic carbocycles. The highest BCUT2D eigenvalue weighted by molar-refractivity contribution is 5.75. The largest absolute Gasteiger partial charge is 0.325 e. The van der Waals surface area contributed by atoms with Crippen molar-refractivity contribution in [2.75, 3.05) is 19.6 Å². The van der Waals surface area contributed by atoms with Gasteiger partial charge in [-0.2, -0.15) is 0 Å². The zero-order valence-corrected chi connectivity index (χ0v) is 14.7. The number of hydrogen-bond donors (Lipinski definition) is 0. The van der Waals surface area contributed by atoms with Gasteiger partial charge in [0.2, 0.25) is 0 Å². The summed E-state index contributed by atoms with van der Waals surface area (Å²) in [6.07, 6.45) is 4.34. The third-order valence-corrected chi connectivity index (χ3v) is 5.68. The van der Waals surface area contributed by atoms with E-state index in [1.807, 2.05) is 11.0 Å². The molecule has 2 heterocycles. The van der Waals surface area contributed by atoms with Crippen molar-refractivity contribution in [1.82, 2.24) is 9.80 Å². The normalized spacial score (nSPS) is 23.7. The fourth-order valence-corrected chi connectivity index (χ4v) is 4.30. The van der Waals surface area contributed by atoms with E-state index < -0.39 is 0 Å². The van der Waals surface area contributed by atoms with Crippen LogP contribution in [0.4, 0.5) is 4.79 Å². The molecule has 25 heavy (non-hydrogen) atoms. The maximum Gasteiger partial charge on any atom is 0.320 e. The van der Waals surface area contributed by atoms with Gasteiger partial charge in [0.25, 0.3) is 0 Å². The first-order valence-corrected chi connectivity index (χ1v) is 9.48. The van der Waals surface area contributed by atoms with Crippen LogP contribution in [0, 0.1) is 0 Å². The Balaban J connectivity index is 1.60. The second-order valence-electron chi connectivity index (χ2n) is 7.23. The quantitative estimate of drug-likeness (QED) is 0.772. The molecule has 2 atom stereocenters. The molecule has 2 aliphatic heterocycles. The van der Waals surface area contributed by atoms with Gasteiger partial charge in [-0.05, 0) is 42.7 Å². The highest BCUT2D eigenvalue weighted by atomic mass is 16.2. The standard InChI is InChI=1S/C22H26N2O/c25-22(23-14-7-8-15-23)24-16-13-20(18-9-3-1-4-10-18)17-21(24)19-11-5-2-6-12-19/h1-6,9-12,20-21H,7-8,13-17H2/t20-,21+/m0/s1. The van der Waals surface area contributed by atoms with E-state index in [0.29, 0.717) is 5.92 Å². The summed E-state index contributed by atoms with van der Waals surface area (Å²) in [4.78, 5) is 17.2. The molecule has 2 amide bonds. The van der Waals surface area contributed by atoms with Crippen LogP contribution in [0.2, 0.25) is 0 Å². The van der Waals surface area contributed by atoms with E-state index in [1.165, 1.54) is 11.1 Å². The zero-order chi connectivity index (χ0) is 17.1. The summed E-state index contributed by atoms with van der Waals surface area (Å²) in [5.74, 6) is 0.522. The molecule has 2 fully saturated rings. The maximum absolute atomic E-state index is 13.1. The first kappa shape index (κ1) is 16.2. The smallest absolute Gasteiger partial charge is 0.320 e. The zero-order valence-electron chi connectivity index (χ0n) is 14.7. The second kappa shape index (κ2) is 7.30. The number of rotatable bonds is 2. The first-order valence-electron chi connectivity index (χ1n) is 9.48. The fraction of sp³-hybridized carbons (Fsp3) is 0.409. The summed E-state index contributed by atoms with van der Waals surface area (Å²) in [5.41, 5.74) is 2.66. The Morgan fingerprint density at radius 2 is 1.40 bits per heavy atom.